The van der Waals surface area contributed by atoms with Crippen LogP contribution in [0.25, 0.3) is 0 Å². The van der Waals surface area contributed by atoms with Crippen LogP contribution in [0.1, 0.15) is 59.3 Å². The van der Waals surface area contributed by atoms with Gasteiger partial charge >= 0.3 is 0 Å². The molecule has 0 aliphatic rings. The maximum atomic E-state index is 9.74. The highest BCUT2D eigenvalue weighted by Crippen LogP contribution is 2.10. The monoisotopic (exact) mass is 217 g/mol. The minimum Gasteiger partial charge on any atom is -0.378 e. The Bertz CT molecular complexity index is 132. The lowest BCUT2D eigenvalue weighted by atomic mass is 10.2. The summed E-state index contributed by atoms with van der Waals surface area (Å²) < 4.78 is 0. The molecule has 0 saturated carbocycles. The number of hydrogen-bond acceptors (Lipinski definition) is 3. The molecule has 15 heavy (non-hydrogen) atoms. The van der Waals surface area contributed by atoms with Crippen LogP contribution in [-0.2, 0) is 0 Å². The molecule has 0 spiro atoms. The van der Waals surface area contributed by atoms with Crippen LogP contribution in [0.4, 0.5) is 0 Å². The maximum absolute atomic E-state index is 9.74. The van der Waals surface area contributed by atoms with Crippen molar-refractivity contribution in [3.05, 3.63) is 0 Å². The Morgan fingerprint density at radius 3 is 1.80 bits per heavy atom. The van der Waals surface area contributed by atoms with Crippen molar-refractivity contribution in [2.75, 3.05) is 6.54 Å². The predicted molar refractivity (Wildman–Crippen MR) is 63.4 cm³/mol. The first-order valence-corrected chi connectivity index (χ1v) is 6.29. The van der Waals surface area contributed by atoms with Crippen LogP contribution in [-0.4, -0.2) is 34.1 Å². The zero-order chi connectivity index (χ0) is 11.7. The summed E-state index contributed by atoms with van der Waals surface area (Å²) in [5, 5.41) is 19.5. The third kappa shape index (κ3) is 6.13. The number of aliphatic hydroxyl groups excluding tert-OH is 2. The SMILES string of the molecule is CCCCCCN(C(O)CC)C(O)CC. The lowest BCUT2D eigenvalue weighted by Gasteiger charge is -2.31. The van der Waals surface area contributed by atoms with Gasteiger partial charge in [0.25, 0.3) is 0 Å². The summed E-state index contributed by atoms with van der Waals surface area (Å²) in [7, 11) is 0. The summed E-state index contributed by atoms with van der Waals surface area (Å²) >= 11 is 0. The minimum atomic E-state index is -0.499. The van der Waals surface area contributed by atoms with Crippen LogP contribution in [0.15, 0.2) is 0 Å². The highest BCUT2D eigenvalue weighted by molar-refractivity contribution is 4.64. The Balaban J connectivity index is 3.90. The third-order valence-corrected chi connectivity index (χ3v) is 2.77. The maximum Gasteiger partial charge on any atom is 0.109 e. The largest absolute Gasteiger partial charge is 0.378 e. The van der Waals surface area contributed by atoms with Gasteiger partial charge in [-0.25, -0.2) is 0 Å². The Kier molecular flexibility index (Phi) is 9.06. The van der Waals surface area contributed by atoms with Gasteiger partial charge in [-0.1, -0.05) is 40.0 Å². The minimum absolute atomic E-state index is 0.499. The molecule has 0 saturated heterocycles. The first kappa shape index (κ1) is 14.9. The number of hydrogen-bond donors (Lipinski definition) is 2. The van der Waals surface area contributed by atoms with E-state index in [1.165, 1.54) is 19.3 Å². The van der Waals surface area contributed by atoms with Gasteiger partial charge in [-0.2, -0.15) is 0 Å². The molecule has 92 valence electrons. The zero-order valence-corrected chi connectivity index (χ0v) is 10.4. The first-order chi connectivity index (χ1) is 7.17. The van der Waals surface area contributed by atoms with E-state index in [4.69, 9.17) is 0 Å². The van der Waals surface area contributed by atoms with Crippen molar-refractivity contribution in [3.63, 3.8) is 0 Å². The van der Waals surface area contributed by atoms with E-state index in [0.717, 1.165) is 13.0 Å². The second-order valence-electron chi connectivity index (χ2n) is 4.08. The molecule has 0 amide bonds. The summed E-state index contributed by atoms with van der Waals surface area (Å²) in [6.07, 6.45) is 5.03. The van der Waals surface area contributed by atoms with E-state index in [-0.39, 0.29) is 0 Å². The average Bonchev–Trinajstić information content (AvgIpc) is 2.27. The fourth-order valence-corrected chi connectivity index (χ4v) is 1.69. The molecule has 3 heteroatoms. The van der Waals surface area contributed by atoms with E-state index in [9.17, 15) is 10.2 Å². The van der Waals surface area contributed by atoms with Crippen LogP contribution in [0.5, 0.6) is 0 Å². The van der Waals surface area contributed by atoms with Gasteiger partial charge in [0.05, 0.1) is 0 Å². The van der Waals surface area contributed by atoms with Crippen molar-refractivity contribution in [2.45, 2.75) is 71.8 Å². The van der Waals surface area contributed by atoms with Crippen LogP contribution >= 0.6 is 0 Å². The molecule has 2 atom stereocenters. The molecular weight excluding hydrogens is 190 g/mol. The van der Waals surface area contributed by atoms with Crippen LogP contribution in [0.2, 0.25) is 0 Å². The molecule has 0 radical (unpaired) electrons. The molecule has 2 N–H and O–H groups in total. The van der Waals surface area contributed by atoms with Gasteiger partial charge < -0.3 is 10.2 Å². The van der Waals surface area contributed by atoms with Crippen molar-refractivity contribution in [1.82, 2.24) is 4.90 Å². The van der Waals surface area contributed by atoms with Gasteiger partial charge in [-0.3, -0.25) is 4.90 Å². The number of nitrogens with zero attached hydrogens (tertiary/aromatic N) is 1. The fraction of sp³-hybridized carbons (Fsp3) is 1.00. The Hall–Kier alpha value is -0.120. The predicted octanol–water partition coefficient (Wildman–Crippen LogP) is 2.33. The van der Waals surface area contributed by atoms with Gasteiger partial charge in [-0.05, 0) is 19.3 Å². The quantitative estimate of drug-likeness (QED) is 0.460. The lowest BCUT2D eigenvalue weighted by Crippen LogP contribution is -2.43. The molecule has 0 rings (SSSR count). The highest BCUT2D eigenvalue weighted by atomic mass is 16.3. The second kappa shape index (κ2) is 9.13. The molecule has 0 aromatic carbocycles. The van der Waals surface area contributed by atoms with Crippen molar-refractivity contribution in [3.8, 4) is 0 Å². The number of aliphatic hydroxyl groups is 2. The van der Waals surface area contributed by atoms with Crippen LogP contribution < -0.4 is 0 Å². The van der Waals surface area contributed by atoms with Crippen molar-refractivity contribution in [1.29, 1.82) is 0 Å². The summed E-state index contributed by atoms with van der Waals surface area (Å²) in [6, 6.07) is 0. The van der Waals surface area contributed by atoms with E-state index < -0.39 is 12.5 Å². The molecule has 0 aliphatic heterocycles. The normalized spacial score (nSPS) is 15.6. The third-order valence-electron chi connectivity index (χ3n) is 2.77. The molecule has 3 nitrogen and oxygen atoms in total. The molecule has 0 heterocycles. The molecule has 0 fully saturated rings. The van der Waals surface area contributed by atoms with E-state index in [1.54, 1.807) is 4.90 Å². The first-order valence-electron chi connectivity index (χ1n) is 6.29. The average molecular weight is 217 g/mol. The Morgan fingerprint density at radius 2 is 1.40 bits per heavy atom. The van der Waals surface area contributed by atoms with Gasteiger partial charge in [0, 0.05) is 6.54 Å². The highest BCUT2D eigenvalue weighted by Gasteiger charge is 2.19. The molecule has 0 aromatic heterocycles. The smallest absolute Gasteiger partial charge is 0.109 e. The second-order valence-corrected chi connectivity index (χ2v) is 4.08. The zero-order valence-electron chi connectivity index (χ0n) is 10.4. The standard InChI is InChI=1S/C12H27NO2/c1-4-7-8-9-10-13(11(14)5-2)12(15)6-3/h11-12,14-15H,4-10H2,1-3H3. The van der Waals surface area contributed by atoms with Crippen molar-refractivity contribution >= 4 is 0 Å². The number of unbranched alkanes of at least 4 members (excludes halogenated alkanes) is 3. The van der Waals surface area contributed by atoms with Gasteiger partial charge in [0.15, 0.2) is 0 Å². The summed E-state index contributed by atoms with van der Waals surface area (Å²) in [5.41, 5.74) is 0. The van der Waals surface area contributed by atoms with Crippen LogP contribution in [0.3, 0.4) is 0 Å². The van der Waals surface area contributed by atoms with E-state index in [2.05, 4.69) is 6.92 Å². The topological polar surface area (TPSA) is 43.7 Å². The summed E-state index contributed by atoms with van der Waals surface area (Å²) in [4.78, 5) is 1.80. The van der Waals surface area contributed by atoms with E-state index in [0.29, 0.717) is 12.8 Å². The Morgan fingerprint density at radius 1 is 0.867 bits per heavy atom. The van der Waals surface area contributed by atoms with E-state index >= 15 is 0 Å². The van der Waals surface area contributed by atoms with Crippen LogP contribution in [0, 0.1) is 0 Å². The number of rotatable bonds is 9. The molecular formula is C12H27NO2. The van der Waals surface area contributed by atoms with Gasteiger partial charge in [0.1, 0.15) is 12.5 Å². The molecule has 0 aliphatic carbocycles. The van der Waals surface area contributed by atoms with E-state index in [1.807, 2.05) is 13.8 Å². The lowest BCUT2D eigenvalue weighted by molar-refractivity contribution is -0.104. The van der Waals surface area contributed by atoms with Crippen molar-refractivity contribution < 1.29 is 10.2 Å². The Labute approximate surface area is 94.1 Å². The molecule has 2 unspecified atom stereocenters. The summed E-state index contributed by atoms with van der Waals surface area (Å²) in [6.45, 7) is 6.85. The molecule has 0 aromatic rings. The van der Waals surface area contributed by atoms with Crippen molar-refractivity contribution in [2.24, 2.45) is 0 Å². The van der Waals surface area contributed by atoms with Gasteiger partial charge in [-0.15, -0.1) is 0 Å². The summed E-state index contributed by atoms with van der Waals surface area (Å²) in [5.74, 6) is 0. The fourth-order valence-electron chi connectivity index (χ4n) is 1.69. The molecule has 0 bridgehead atoms. The van der Waals surface area contributed by atoms with Gasteiger partial charge in [0.2, 0.25) is 0 Å².